The Morgan fingerprint density at radius 1 is 1.19 bits per heavy atom. The van der Waals surface area contributed by atoms with Gasteiger partial charge in [0.25, 0.3) is 11.6 Å². The summed E-state index contributed by atoms with van der Waals surface area (Å²) < 4.78 is 9.83. The van der Waals surface area contributed by atoms with Gasteiger partial charge in [-0.25, -0.2) is 10.2 Å². The maximum absolute atomic E-state index is 11.7. The molecular weight excluding hydrogens is 342 g/mol. The van der Waals surface area contributed by atoms with Crippen LogP contribution in [0.2, 0.25) is 0 Å². The van der Waals surface area contributed by atoms with Crippen molar-refractivity contribution in [3.63, 3.8) is 0 Å². The van der Waals surface area contributed by atoms with Crippen LogP contribution >= 0.6 is 0 Å². The molecule has 0 fully saturated rings. The molecule has 0 atom stereocenters. The molecule has 0 heterocycles. The Balaban J connectivity index is 1.86. The lowest BCUT2D eigenvalue weighted by Crippen LogP contribution is -2.24. The van der Waals surface area contributed by atoms with Gasteiger partial charge in [0.2, 0.25) is 0 Å². The van der Waals surface area contributed by atoms with Gasteiger partial charge in [-0.3, -0.25) is 14.9 Å². The summed E-state index contributed by atoms with van der Waals surface area (Å²) in [5.74, 6) is -0.633. The van der Waals surface area contributed by atoms with Gasteiger partial charge in [-0.15, -0.1) is 0 Å². The number of nitro groups is 1. The van der Waals surface area contributed by atoms with Crippen LogP contribution in [0.15, 0.2) is 53.6 Å². The molecule has 0 aliphatic rings. The number of ether oxygens (including phenoxy) is 2. The van der Waals surface area contributed by atoms with Gasteiger partial charge in [-0.05, 0) is 30.3 Å². The van der Waals surface area contributed by atoms with E-state index in [0.717, 1.165) is 0 Å². The third-order valence-electron chi connectivity index (χ3n) is 3.17. The van der Waals surface area contributed by atoms with Crippen LogP contribution in [0.4, 0.5) is 5.69 Å². The predicted octanol–water partition coefficient (Wildman–Crippen LogP) is 1.91. The average molecular weight is 357 g/mol. The molecule has 0 radical (unpaired) electrons. The van der Waals surface area contributed by atoms with E-state index in [4.69, 9.17) is 4.74 Å². The smallest absolute Gasteiger partial charge is 0.337 e. The van der Waals surface area contributed by atoms with Gasteiger partial charge in [-0.2, -0.15) is 5.10 Å². The monoisotopic (exact) mass is 357 g/mol. The van der Waals surface area contributed by atoms with Crippen molar-refractivity contribution in [3.8, 4) is 5.75 Å². The first-order valence-corrected chi connectivity index (χ1v) is 7.37. The molecule has 9 nitrogen and oxygen atoms in total. The Morgan fingerprint density at radius 2 is 1.88 bits per heavy atom. The van der Waals surface area contributed by atoms with Gasteiger partial charge in [0.1, 0.15) is 5.75 Å². The molecule has 0 aliphatic carbocycles. The molecule has 2 aromatic rings. The Kier molecular flexibility index (Phi) is 6.38. The van der Waals surface area contributed by atoms with Crippen LogP contribution in [0, 0.1) is 10.1 Å². The summed E-state index contributed by atoms with van der Waals surface area (Å²) in [6.07, 6.45) is 1.18. The number of esters is 1. The first-order valence-electron chi connectivity index (χ1n) is 7.37. The molecule has 26 heavy (non-hydrogen) atoms. The second kappa shape index (κ2) is 8.92. The predicted molar refractivity (Wildman–Crippen MR) is 92.1 cm³/mol. The van der Waals surface area contributed by atoms with Crippen molar-refractivity contribution in [2.24, 2.45) is 5.10 Å². The summed E-state index contributed by atoms with van der Waals surface area (Å²) in [5.41, 5.74) is 2.72. The number of para-hydroxylation sites is 1. The highest BCUT2D eigenvalue weighted by atomic mass is 16.6. The molecule has 0 aromatic heterocycles. The van der Waals surface area contributed by atoms with Crippen LogP contribution in [0.25, 0.3) is 0 Å². The lowest BCUT2D eigenvalue weighted by atomic mass is 10.2. The van der Waals surface area contributed by atoms with Crippen LogP contribution in [0.1, 0.15) is 15.9 Å². The lowest BCUT2D eigenvalue weighted by molar-refractivity contribution is -0.385. The number of nitro benzene ring substituents is 1. The second-order valence-electron chi connectivity index (χ2n) is 4.91. The molecule has 134 valence electrons. The molecule has 0 aliphatic heterocycles. The zero-order valence-electron chi connectivity index (χ0n) is 13.7. The van der Waals surface area contributed by atoms with E-state index in [2.05, 4.69) is 15.3 Å². The summed E-state index contributed by atoms with van der Waals surface area (Å²) in [6, 6.07) is 12.1. The molecule has 0 unspecified atom stereocenters. The van der Waals surface area contributed by atoms with E-state index in [1.54, 1.807) is 6.07 Å². The first-order chi connectivity index (χ1) is 12.5. The van der Waals surface area contributed by atoms with Crippen molar-refractivity contribution in [1.82, 2.24) is 5.43 Å². The number of methoxy groups -OCH3 is 1. The summed E-state index contributed by atoms with van der Waals surface area (Å²) in [4.78, 5) is 33.3. The Labute approximate surface area is 148 Å². The highest BCUT2D eigenvalue weighted by molar-refractivity contribution is 5.89. The normalized spacial score (nSPS) is 10.3. The molecule has 2 rings (SSSR count). The molecule has 9 heteroatoms. The summed E-state index contributed by atoms with van der Waals surface area (Å²) >= 11 is 0. The maximum Gasteiger partial charge on any atom is 0.337 e. The van der Waals surface area contributed by atoms with E-state index in [-0.39, 0.29) is 17.9 Å². The molecule has 1 N–H and O–H groups in total. The zero-order chi connectivity index (χ0) is 18.9. The molecular formula is C17H15N3O6. The lowest BCUT2D eigenvalue weighted by Gasteiger charge is -2.05. The van der Waals surface area contributed by atoms with Crippen LogP contribution in [0.5, 0.6) is 5.75 Å². The number of carbonyl (C=O) groups is 2. The quantitative estimate of drug-likeness (QED) is 0.350. The van der Waals surface area contributed by atoms with Gasteiger partial charge in [0.05, 0.1) is 29.4 Å². The van der Waals surface area contributed by atoms with E-state index < -0.39 is 16.8 Å². The van der Waals surface area contributed by atoms with E-state index in [0.29, 0.717) is 11.3 Å². The van der Waals surface area contributed by atoms with E-state index >= 15 is 0 Å². The van der Waals surface area contributed by atoms with Crippen molar-refractivity contribution in [1.29, 1.82) is 0 Å². The fourth-order valence-electron chi connectivity index (χ4n) is 1.92. The van der Waals surface area contributed by atoms with Gasteiger partial charge in [-0.1, -0.05) is 12.1 Å². The zero-order valence-corrected chi connectivity index (χ0v) is 13.7. The van der Waals surface area contributed by atoms with Crippen molar-refractivity contribution in [3.05, 3.63) is 69.8 Å². The molecule has 0 bridgehead atoms. The van der Waals surface area contributed by atoms with Crippen LogP contribution in [-0.2, 0) is 9.53 Å². The Hall–Kier alpha value is -3.75. The van der Waals surface area contributed by atoms with Crippen molar-refractivity contribution >= 4 is 23.8 Å². The summed E-state index contributed by atoms with van der Waals surface area (Å²) in [6.45, 7) is -0.314. The number of rotatable bonds is 7. The third kappa shape index (κ3) is 5.13. The van der Waals surface area contributed by atoms with Gasteiger partial charge in [0, 0.05) is 6.07 Å². The van der Waals surface area contributed by atoms with E-state index in [1.807, 2.05) is 0 Å². The molecule has 0 saturated heterocycles. The molecule has 1 amide bonds. The number of hydrogen-bond acceptors (Lipinski definition) is 7. The maximum atomic E-state index is 11.7. The number of carbonyl (C=O) groups excluding carboxylic acids is 2. The second-order valence-corrected chi connectivity index (χ2v) is 4.91. The van der Waals surface area contributed by atoms with Crippen molar-refractivity contribution in [2.75, 3.05) is 13.7 Å². The van der Waals surface area contributed by atoms with E-state index in [1.165, 1.54) is 55.8 Å². The first kappa shape index (κ1) is 18.6. The molecule has 0 saturated carbocycles. The van der Waals surface area contributed by atoms with E-state index in [9.17, 15) is 19.7 Å². The number of hydrogen-bond donors (Lipinski definition) is 1. The molecule has 0 spiro atoms. The van der Waals surface area contributed by atoms with Crippen LogP contribution in [-0.4, -0.2) is 36.7 Å². The SMILES string of the molecule is COC(=O)c1ccc(OCC(=O)N/N=C/c2ccccc2[N+](=O)[O-])cc1. The van der Waals surface area contributed by atoms with Crippen molar-refractivity contribution < 1.29 is 24.0 Å². The minimum atomic E-state index is -0.545. The number of nitrogens with one attached hydrogen (secondary N) is 1. The topological polar surface area (TPSA) is 120 Å². The van der Waals surface area contributed by atoms with Gasteiger partial charge in [0.15, 0.2) is 6.61 Å². The van der Waals surface area contributed by atoms with Crippen LogP contribution < -0.4 is 10.2 Å². The fraction of sp³-hybridized carbons (Fsp3) is 0.118. The number of amides is 1. The van der Waals surface area contributed by atoms with Gasteiger partial charge >= 0.3 is 5.97 Å². The average Bonchev–Trinajstić information content (AvgIpc) is 2.66. The fourth-order valence-corrected chi connectivity index (χ4v) is 1.92. The van der Waals surface area contributed by atoms with Gasteiger partial charge < -0.3 is 9.47 Å². The Morgan fingerprint density at radius 3 is 2.54 bits per heavy atom. The standard InChI is InChI=1S/C17H15N3O6/c1-25-17(22)12-6-8-14(9-7-12)26-11-16(21)19-18-10-13-4-2-3-5-15(13)20(23)24/h2-10H,11H2,1H3,(H,19,21)/b18-10+. The Bertz CT molecular complexity index is 833. The number of nitrogens with zero attached hydrogens (tertiary/aromatic N) is 2. The summed E-state index contributed by atoms with van der Waals surface area (Å²) in [5, 5.41) is 14.5. The third-order valence-corrected chi connectivity index (χ3v) is 3.17. The highest BCUT2D eigenvalue weighted by Crippen LogP contribution is 2.15. The minimum Gasteiger partial charge on any atom is -0.484 e. The number of benzene rings is 2. The van der Waals surface area contributed by atoms with Crippen LogP contribution in [0.3, 0.4) is 0 Å². The number of hydrazone groups is 1. The highest BCUT2D eigenvalue weighted by Gasteiger charge is 2.10. The minimum absolute atomic E-state index is 0.118. The molecule has 2 aromatic carbocycles. The van der Waals surface area contributed by atoms with Crippen molar-refractivity contribution in [2.45, 2.75) is 0 Å². The largest absolute Gasteiger partial charge is 0.484 e. The summed E-state index contributed by atoms with van der Waals surface area (Å²) in [7, 11) is 1.28.